The molecule has 0 bridgehead atoms. The molecule has 3 aromatic rings. The van der Waals surface area contributed by atoms with Gasteiger partial charge in [-0.1, -0.05) is 48.0 Å². The molecule has 1 heterocycles. The Balaban J connectivity index is 0.00000363. The Hall–Kier alpha value is -2.55. The first kappa shape index (κ1) is 25.7. The second kappa shape index (κ2) is 13.8. The van der Waals surface area contributed by atoms with Gasteiger partial charge >= 0.3 is 0 Å². The average Bonchev–Trinajstić information content (AvgIpc) is 3.21. The number of benzene rings is 2. The van der Waals surface area contributed by atoms with Crippen LogP contribution in [0.1, 0.15) is 29.4 Å². The van der Waals surface area contributed by atoms with Gasteiger partial charge in [0.25, 0.3) is 0 Å². The lowest BCUT2D eigenvalue weighted by molar-refractivity contribution is 0.409. The number of guanidine groups is 1. The molecule has 1 aromatic heterocycles. The maximum Gasteiger partial charge on any atom is 0.191 e. The van der Waals surface area contributed by atoms with Crippen LogP contribution in [0.4, 0.5) is 0 Å². The number of halogens is 1. The molecule has 0 saturated carbocycles. The average molecular weight is 547 g/mol. The van der Waals surface area contributed by atoms with E-state index >= 15 is 0 Å². The number of methoxy groups -OCH3 is 1. The van der Waals surface area contributed by atoms with E-state index in [1.54, 1.807) is 7.11 Å². The van der Waals surface area contributed by atoms with Crippen molar-refractivity contribution in [3.63, 3.8) is 0 Å². The summed E-state index contributed by atoms with van der Waals surface area (Å²) in [5.41, 5.74) is 3.71. The largest absolute Gasteiger partial charge is 0.496 e. The van der Waals surface area contributed by atoms with Gasteiger partial charge in [0.2, 0.25) is 0 Å². The highest BCUT2D eigenvalue weighted by molar-refractivity contribution is 14.0. The number of hydrogen-bond acceptors (Lipinski definition) is 3. The minimum Gasteiger partial charge on any atom is -0.496 e. The molecule has 0 atom stereocenters. The van der Waals surface area contributed by atoms with Gasteiger partial charge in [0.15, 0.2) is 5.96 Å². The van der Waals surface area contributed by atoms with Crippen molar-refractivity contribution in [3.05, 3.63) is 83.4 Å². The first-order valence-electron chi connectivity index (χ1n) is 10.9. The number of aromatic nitrogens is 2. The summed E-state index contributed by atoms with van der Waals surface area (Å²) in [6.07, 6.45) is 5.56. The third kappa shape index (κ3) is 7.85. The first-order chi connectivity index (χ1) is 15.2. The van der Waals surface area contributed by atoms with Crippen molar-refractivity contribution in [2.75, 3.05) is 26.7 Å². The van der Waals surface area contributed by atoms with Gasteiger partial charge in [0.05, 0.1) is 7.11 Å². The fraction of sp³-hybridized carbons (Fsp3) is 0.360. The van der Waals surface area contributed by atoms with Crippen LogP contribution in [0, 0.1) is 6.92 Å². The summed E-state index contributed by atoms with van der Waals surface area (Å²) < 4.78 is 7.67. The molecular formula is C25H34IN5O. The third-order valence-electron chi connectivity index (χ3n) is 5.07. The van der Waals surface area contributed by atoms with Crippen LogP contribution >= 0.6 is 24.0 Å². The molecule has 0 amide bonds. The Morgan fingerprint density at radius 1 is 1.09 bits per heavy atom. The van der Waals surface area contributed by atoms with E-state index in [1.807, 2.05) is 24.5 Å². The van der Waals surface area contributed by atoms with Crippen LogP contribution in [0.2, 0.25) is 0 Å². The Labute approximate surface area is 208 Å². The number of nitrogens with one attached hydrogen (secondary N) is 2. The fourth-order valence-corrected chi connectivity index (χ4v) is 3.52. The van der Waals surface area contributed by atoms with Crippen LogP contribution in [-0.4, -0.2) is 42.3 Å². The van der Waals surface area contributed by atoms with Crippen LogP contribution in [-0.2, 0) is 19.4 Å². The van der Waals surface area contributed by atoms with Crippen molar-refractivity contribution in [1.82, 2.24) is 20.2 Å². The third-order valence-corrected chi connectivity index (χ3v) is 5.07. The summed E-state index contributed by atoms with van der Waals surface area (Å²) in [4.78, 5) is 9.26. The molecule has 0 aliphatic rings. The lowest BCUT2D eigenvalue weighted by atomic mass is 10.1. The molecular weight excluding hydrogens is 513 g/mol. The minimum atomic E-state index is 0. The van der Waals surface area contributed by atoms with E-state index in [0.29, 0.717) is 6.54 Å². The maximum absolute atomic E-state index is 5.48. The van der Waals surface area contributed by atoms with Gasteiger partial charge in [-0.3, -0.25) is 4.99 Å². The van der Waals surface area contributed by atoms with Gasteiger partial charge in [-0.2, -0.15) is 0 Å². The minimum absolute atomic E-state index is 0. The van der Waals surface area contributed by atoms with E-state index < -0.39 is 0 Å². The van der Waals surface area contributed by atoms with E-state index in [1.165, 1.54) is 16.7 Å². The highest BCUT2D eigenvalue weighted by Crippen LogP contribution is 2.19. The SMILES string of the molecule is CCNC(=NCCc1nccn1Cc1ccccc1)NCCc1cc(C)ccc1OC.I. The fourth-order valence-electron chi connectivity index (χ4n) is 3.52. The Bertz CT molecular complexity index is 971. The second-order valence-electron chi connectivity index (χ2n) is 7.46. The quantitative estimate of drug-likeness (QED) is 0.227. The highest BCUT2D eigenvalue weighted by Gasteiger charge is 2.06. The van der Waals surface area contributed by atoms with E-state index in [4.69, 9.17) is 9.73 Å². The summed E-state index contributed by atoms with van der Waals surface area (Å²) in [7, 11) is 1.72. The van der Waals surface area contributed by atoms with Gasteiger partial charge < -0.3 is 19.9 Å². The molecule has 7 heteroatoms. The van der Waals surface area contributed by atoms with Gasteiger partial charge in [-0.05, 0) is 37.5 Å². The molecule has 0 aliphatic carbocycles. The molecule has 0 unspecified atom stereocenters. The molecule has 0 radical (unpaired) electrons. The number of nitrogens with zero attached hydrogens (tertiary/aromatic N) is 3. The predicted molar refractivity (Wildman–Crippen MR) is 142 cm³/mol. The van der Waals surface area contributed by atoms with E-state index in [-0.39, 0.29) is 24.0 Å². The van der Waals surface area contributed by atoms with E-state index in [9.17, 15) is 0 Å². The summed E-state index contributed by atoms with van der Waals surface area (Å²) in [6, 6.07) is 16.7. The van der Waals surface area contributed by atoms with Crippen LogP contribution in [0.3, 0.4) is 0 Å². The van der Waals surface area contributed by atoms with Crippen LogP contribution in [0.25, 0.3) is 0 Å². The van der Waals surface area contributed by atoms with Crippen molar-refractivity contribution in [2.24, 2.45) is 4.99 Å². The lowest BCUT2D eigenvalue weighted by Gasteiger charge is -2.13. The van der Waals surface area contributed by atoms with Gasteiger partial charge in [-0.25, -0.2) is 4.98 Å². The topological polar surface area (TPSA) is 63.5 Å². The van der Waals surface area contributed by atoms with Crippen LogP contribution in [0.5, 0.6) is 5.75 Å². The number of ether oxygens (including phenoxy) is 1. The van der Waals surface area contributed by atoms with E-state index in [0.717, 1.165) is 50.0 Å². The maximum atomic E-state index is 5.48. The summed E-state index contributed by atoms with van der Waals surface area (Å²) in [5.74, 6) is 2.81. The lowest BCUT2D eigenvalue weighted by Crippen LogP contribution is -2.38. The zero-order valence-electron chi connectivity index (χ0n) is 19.2. The molecule has 32 heavy (non-hydrogen) atoms. The molecule has 6 nitrogen and oxygen atoms in total. The first-order valence-corrected chi connectivity index (χ1v) is 10.9. The Morgan fingerprint density at radius 2 is 1.91 bits per heavy atom. The summed E-state index contributed by atoms with van der Waals surface area (Å²) >= 11 is 0. The zero-order valence-corrected chi connectivity index (χ0v) is 21.5. The number of aryl methyl sites for hydroxylation is 1. The monoisotopic (exact) mass is 547 g/mol. The standard InChI is InChI=1S/C25H33N5O.HI/c1-4-26-25(28-14-12-22-18-20(2)10-11-23(22)31-3)29-15-13-24-27-16-17-30(24)19-21-8-6-5-7-9-21;/h5-11,16-18H,4,12-15,19H2,1-3H3,(H2,26,28,29);1H. The molecule has 0 aliphatic heterocycles. The number of hydrogen-bond donors (Lipinski definition) is 2. The van der Waals surface area contributed by atoms with Gasteiger partial charge in [0, 0.05) is 45.0 Å². The second-order valence-corrected chi connectivity index (χ2v) is 7.46. The molecule has 0 spiro atoms. The molecule has 2 N–H and O–H groups in total. The Morgan fingerprint density at radius 3 is 2.66 bits per heavy atom. The predicted octanol–water partition coefficient (Wildman–Crippen LogP) is 4.21. The number of imidazole rings is 1. The molecule has 0 saturated heterocycles. The number of aliphatic imine (C=N–C) groups is 1. The van der Waals surface area contributed by atoms with Crippen molar-refractivity contribution in [2.45, 2.75) is 33.2 Å². The van der Waals surface area contributed by atoms with Crippen LogP contribution < -0.4 is 15.4 Å². The van der Waals surface area contributed by atoms with E-state index in [2.05, 4.69) is 70.4 Å². The Kier molecular flexibility index (Phi) is 11.1. The molecule has 3 rings (SSSR count). The molecule has 0 fully saturated rings. The smallest absolute Gasteiger partial charge is 0.191 e. The zero-order chi connectivity index (χ0) is 21.9. The normalized spacial score (nSPS) is 11.0. The number of rotatable bonds is 10. The summed E-state index contributed by atoms with van der Waals surface area (Å²) in [5, 5.41) is 6.75. The molecule has 172 valence electrons. The molecule has 2 aromatic carbocycles. The van der Waals surface area contributed by atoms with Crippen molar-refractivity contribution in [1.29, 1.82) is 0 Å². The van der Waals surface area contributed by atoms with Crippen molar-refractivity contribution >= 4 is 29.9 Å². The highest BCUT2D eigenvalue weighted by atomic mass is 127. The van der Waals surface area contributed by atoms with Gasteiger partial charge in [-0.15, -0.1) is 24.0 Å². The van der Waals surface area contributed by atoms with Crippen LogP contribution in [0.15, 0.2) is 65.9 Å². The summed E-state index contributed by atoms with van der Waals surface area (Å²) in [6.45, 7) is 7.29. The van der Waals surface area contributed by atoms with Crippen molar-refractivity contribution < 1.29 is 4.74 Å². The van der Waals surface area contributed by atoms with Crippen molar-refractivity contribution in [3.8, 4) is 5.75 Å². The van der Waals surface area contributed by atoms with Gasteiger partial charge in [0.1, 0.15) is 11.6 Å².